The summed E-state index contributed by atoms with van der Waals surface area (Å²) in [4.78, 5) is 11.2. The highest BCUT2D eigenvalue weighted by Crippen LogP contribution is 2.43. The Morgan fingerprint density at radius 2 is 1.61 bits per heavy atom. The molecule has 5 heteroatoms. The Balaban J connectivity index is 2.51. The van der Waals surface area contributed by atoms with Crippen molar-refractivity contribution in [3.63, 3.8) is 0 Å². The van der Waals surface area contributed by atoms with Crippen molar-refractivity contribution in [1.29, 1.82) is 0 Å². The van der Waals surface area contributed by atoms with Crippen molar-refractivity contribution in [2.24, 2.45) is 0 Å². The third kappa shape index (κ3) is 3.83. The molecule has 3 N–H and O–H groups in total. The van der Waals surface area contributed by atoms with Crippen molar-refractivity contribution in [3.8, 4) is 5.75 Å². The average molecular weight is 337 g/mol. The van der Waals surface area contributed by atoms with Crippen molar-refractivity contribution in [2.75, 3.05) is 5.75 Å². The summed E-state index contributed by atoms with van der Waals surface area (Å²) in [5, 5.41) is 23.0. The Morgan fingerprint density at radius 3 is 1.96 bits per heavy atom. The third-order valence-electron chi connectivity index (χ3n) is 4.13. The average Bonchev–Trinajstić information content (AvgIpc) is 2.85. The Kier molecular flexibility index (Phi) is 4.75. The zero-order valence-electron chi connectivity index (χ0n) is 14.7. The molecule has 0 aliphatic carbocycles. The van der Waals surface area contributed by atoms with E-state index in [4.69, 9.17) is 0 Å². The molecule has 2 rings (SSSR count). The van der Waals surface area contributed by atoms with E-state index >= 15 is 0 Å². The molecule has 1 aliphatic heterocycles. The molecule has 0 radical (unpaired) electrons. The summed E-state index contributed by atoms with van der Waals surface area (Å²) in [6.07, 6.45) is 0. The van der Waals surface area contributed by atoms with Gasteiger partial charge in [0, 0.05) is 5.75 Å². The van der Waals surface area contributed by atoms with E-state index in [1.165, 1.54) is 0 Å². The maximum Gasteiger partial charge on any atom is 0.321 e. The van der Waals surface area contributed by atoms with Crippen LogP contribution >= 0.6 is 11.8 Å². The van der Waals surface area contributed by atoms with Crippen molar-refractivity contribution in [1.82, 2.24) is 5.32 Å². The molecular formula is C18H27NO3S. The van der Waals surface area contributed by atoms with Crippen LogP contribution in [-0.4, -0.2) is 28.0 Å². The highest BCUT2D eigenvalue weighted by atomic mass is 32.2. The maximum atomic E-state index is 11.2. The molecule has 0 unspecified atom stereocenters. The van der Waals surface area contributed by atoms with Gasteiger partial charge in [0.25, 0.3) is 0 Å². The van der Waals surface area contributed by atoms with E-state index in [9.17, 15) is 15.0 Å². The number of carbonyl (C=O) groups is 1. The number of aromatic hydroxyl groups is 1. The van der Waals surface area contributed by atoms with Gasteiger partial charge < -0.3 is 10.2 Å². The first-order valence-electron chi connectivity index (χ1n) is 7.89. The SMILES string of the molecule is CC(C)(C)c1cc([C@H]2N[C@@H](C(=O)O)CS2)cc(C(C)(C)C)c1O. The van der Waals surface area contributed by atoms with Crippen LogP contribution in [0.15, 0.2) is 12.1 Å². The van der Waals surface area contributed by atoms with Gasteiger partial charge in [-0.3, -0.25) is 10.1 Å². The minimum absolute atomic E-state index is 0.0566. The fourth-order valence-corrected chi connectivity index (χ4v) is 3.97. The molecule has 1 aliphatic rings. The van der Waals surface area contributed by atoms with Gasteiger partial charge in [-0.15, -0.1) is 11.8 Å². The molecule has 4 nitrogen and oxygen atoms in total. The summed E-state index contributed by atoms with van der Waals surface area (Å²) in [6.45, 7) is 12.5. The molecule has 1 aromatic carbocycles. The summed E-state index contributed by atoms with van der Waals surface area (Å²) >= 11 is 1.60. The molecule has 0 aromatic heterocycles. The third-order valence-corrected chi connectivity index (χ3v) is 5.40. The van der Waals surface area contributed by atoms with Gasteiger partial charge in [-0.1, -0.05) is 41.5 Å². The molecule has 128 valence electrons. The molecule has 0 bridgehead atoms. The normalized spacial score (nSPS) is 22.3. The minimum Gasteiger partial charge on any atom is -0.507 e. The van der Waals surface area contributed by atoms with Crippen LogP contribution in [0.1, 0.15) is 63.6 Å². The highest BCUT2D eigenvalue weighted by molar-refractivity contribution is 7.99. The van der Waals surface area contributed by atoms with Crippen LogP contribution in [0.4, 0.5) is 0 Å². The van der Waals surface area contributed by atoms with Crippen LogP contribution in [0.25, 0.3) is 0 Å². The number of hydrogen-bond donors (Lipinski definition) is 3. The monoisotopic (exact) mass is 337 g/mol. The summed E-state index contributed by atoms with van der Waals surface area (Å²) < 4.78 is 0. The predicted octanol–water partition coefficient (Wildman–Crippen LogP) is 3.78. The minimum atomic E-state index is -0.814. The van der Waals surface area contributed by atoms with E-state index in [0.29, 0.717) is 11.5 Å². The van der Waals surface area contributed by atoms with Gasteiger partial charge >= 0.3 is 5.97 Å². The Morgan fingerprint density at radius 1 is 1.13 bits per heavy atom. The maximum absolute atomic E-state index is 11.2. The molecule has 2 atom stereocenters. The van der Waals surface area contributed by atoms with Gasteiger partial charge in [-0.05, 0) is 39.7 Å². The van der Waals surface area contributed by atoms with E-state index < -0.39 is 12.0 Å². The first kappa shape index (κ1) is 18.1. The molecule has 0 spiro atoms. The second kappa shape index (κ2) is 6.02. The summed E-state index contributed by atoms with van der Waals surface area (Å²) in [6, 6.07) is 3.51. The molecular weight excluding hydrogens is 310 g/mol. The van der Waals surface area contributed by atoms with E-state index in [1.54, 1.807) is 11.8 Å². The highest BCUT2D eigenvalue weighted by Gasteiger charge is 2.33. The van der Waals surface area contributed by atoms with Gasteiger partial charge in [0.05, 0.1) is 5.37 Å². The number of aliphatic carboxylic acids is 1. The van der Waals surface area contributed by atoms with Crippen LogP contribution in [-0.2, 0) is 15.6 Å². The van der Waals surface area contributed by atoms with E-state index in [2.05, 4.69) is 46.9 Å². The van der Waals surface area contributed by atoms with Gasteiger partial charge in [0.1, 0.15) is 11.8 Å². The van der Waals surface area contributed by atoms with Crippen molar-refractivity contribution in [2.45, 2.75) is 63.8 Å². The first-order valence-corrected chi connectivity index (χ1v) is 8.94. The summed E-state index contributed by atoms with van der Waals surface area (Å²) in [5.41, 5.74) is 2.47. The number of benzene rings is 1. The first-order chi connectivity index (χ1) is 10.4. The Labute approximate surface area is 142 Å². The molecule has 1 fully saturated rings. The molecule has 1 saturated heterocycles. The van der Waals surface area contributed by atoms with E-state index in [1.807, 2.05) is 12.1 Å². The lowest BCUT2D eigenvalue weighted by atomic mass is 9.78. The molecule has 1 aromatic rings. The predicted molar refractivity (Wildman–Crippen MR) is 95.3 cm³/mol. The van der Waals surface area contributed by atoms with Crippen molar-refractivity contribution in [3.05, 3.63) is 28.8 Å². The molecule has 1 heterocycles. The van der Waals surface area contributed by atoms with Gasteiger partial charge in [-0.25, -0.2) is 0 Å². The fraction of sp³-hybridized carbons (Fsp3) is 0.611. The van der Waals surface area contributed by atoms with Crippen LogP contribution < -0.4 is 5.32 Å². The standard InChI is InChI=1S/C18H27NO3S/c1-17(2,3)11-7-10(8-12(14(11)20)18(4,5)6)15-19-13(9-23-15)16(21)22/h7-8,13,15,19-20H,9H2,1-6H3,(H,21,22)/t13-,15+/m1/s1. The van der Waals surface area contributed by atoms with Crippen LogP contribution in [0.2, 0.25) is 0 Å². The number of thioether (sulfide) groups is 1. The number of phenolic OH excluding ortho intramolecular Hbond substituents is 1. The van der Waals surface area contributed by atoms with Gasteiger partial charge in [0.2, 0.25) is 0 Å². The smallest absolute Gasteiger partial charge is 0.321 e. The lowest BCUT2D eigenvalue weighted by Gasteiger charge is -2.29. The lowest BCUT2D eigenvalue weighted by molar-refractivity contribution is -0.138. The van der Waals surface area contributed by atoms with Crippen LogP contribution in [0, 0.1) is 0 Å². The molecule has 0 amide bonds. The number of rotatable bonds is 2. The zero-order valence-corrected chi connectivity index (χ0v) is 15.5. The fourth-order valence-electron chi connectivity index (χ4n) is 2.76. The van der Waals surface area contributed by atoms with Crippen molar-refractivity contribution >= 4 is 17.7 Å². The second-order valence-electron chi connectivity index (χ2n) is 8.24. The number of carboxylic acid groups (broad SMARTS) is 1. The van der Waals surface area contributed by atoms with E-state index in [0.717, 1.165) is 16.7 Å². The molecule has 23 heavy (non-hydrogen) atoms. The molecule has 0 saturated carbocycles. The van der Waals surface area contributed by atoms with E-state index in [-0.39, 0.29) is 16.2 Å². The zero-order chi connectivity index (χ0) is 17.6. The van der Waals surface area contributed by atoms with Crippen molar-refractivity contribution < 1.29 is 15.0 Å². The van der Waals surface area contributed by atoms with Crippen LogP contribution in [0.5, 0.6) is 5.75 Å². The summed E-state index contributed by atoms with van der Waals surface area (Å²) in [5.74, 6) is 0.0914. The number of nitrogens with one attached hydrogen (secondary N) is 1. The largest absolute Gasteiger partial charge is 0.507 e. The topological polar surface area (TPSA) is 69.6 Å². The number of carboxylic acids is 1. The Hall–Kier alpha value is -1.20. The summed E-state index contributed by atoms with van der Waals surface area (Å²) in [7, 11) is 0. The van der Waals surface area contributed by atoms with Gasteiger partial charge in [-0.2, -0.15) is 0 Å². The van der Waals surface area contributed by atoms with Crippen LogP contribution in [0.3, 0.4) is 0 Å². The number of hydrogen-bond acceptors (Lipinski definition) is 4. The van der Waals surface area contributed by atoms with Gasteiger partial charge in [0.15, 0.2) is 0 Å². The Bertz CT molecular complexity index is 579. The lowest BCUT2D eigenvalue weighted by Crippen LogP contribution is -2.33. The second-order valence-corrected chi connectivity index (χ2v) is 9.37. The number of phenols is 1. The quantitative estimate of drug-likeness (QED) is 0.766.